The van der Waals surface area contributed by atoms with Crippen molar-refractivity contribution in [1.29, 1.82) is 5.41 Å². The maximum Gasteiger partial charge on any atom is 0.0619 e. The molecule has 2 rings (SSSR count). The first-order valence-corrected chi connectivity index (χ1v) is 6.11. The summed E-state index contributed by atoms with van der Waals surface area (Å²) in [7, 11) is 0. The number of nitrogens with one attached hydrogen (secondary N) is 2. The third-order valence-electron chi connectivity index (χ3n) is 3.45. The number of nitrogens with two attached hydrogens (primary N) is 1. The standard InChI is InChI=1S/C12H21N3O/c13-7-9-3-4-10(6-12(9)14)15-11-2-1-5-16-8-11/h7,10-11,13,15H,1-6,8,14H2. The summed E-state index contributed by atoms with van der Waals surface area (Å²) in [5.41, 5.74) is 7.84. The molecule has 0 radical (unpaired) electrons. The lowest BCUT2D eigenvalue weighted by molar-refractivity contribution is 0.0656. The lowest BCUT2D eigenvalue weighted by atomic mass is 9.92. The van der Waals surface area contributed by atoms with Gasteiger partial charge in [0.15, 0.2) is 0 Å². The van der Waals surface area contributed by atoms with Gasteiger partial charge in [-0.15, -0.1) is 0 Å². The van der Waals surface area contributed by atoms with Crippen molar-refractivity contribution in [2.24, 2.45) is 5.73 Å². The normalized spacial score (nSPS) is 31.5. The Morgan fingerprint density at radius 2 is 2.25 bits per heavy atom. The van der Waals surface area contributed by atoms with Crippen molar-refractivity contribution in [3.8, 4) is 0 Å². The molecule has 1 saturated heterocycles. The fourth-order valence-corrected chi connectivity index (χ4v) is 2.50. The first-order valence-electron chi connectivity index (χ1n) is 6.11. The van der Waals surface area contributed by atoms with Gasteiger partial charge in [-0.05, 0) is 31.3 Å². The zero-order chi connectivity index (χ0) is 11.4. The van der Waals surface area contributed by atoms with Crippen LogP contribution in [0.15, 0.2) is 11.3 Å². The molecular formula is C12H21N3O. The average Bonchev–Trinajstić information content (AvgIpc) is 2.31. The Labute approximate surface area is 96.7 Å². The van der Waals surface area contributed by atoms with Crippen molar-refractivity contribution in [3.63, 3.8) is 0 Å². The first kappa shape index (κ1) is 11.6. The maximum absolute atomic E-state index is 7.24. The number of hydrogen-bond acceptors (Lipinski definition) is 4. The van der Waals surface area contributed by atoms with Gasteiger partial charge in [0.2, 0.25) is 0 Å². The minimum Gasteiger partial charge on any atom is -0.402 e. The molecule has 4 nitrogen and oxygen atoms in total. The number of allylic oxidation sites excluding steroid dienone is 1. The number of hydrogen-bond donors (Lipinski definition) is 3. The van der Waals surface area contributed by atoms with Crippen LogP contribution < -0.4 is 11.1 Å². The number of ether oxygens (including phenoxy) is 1. The van der Waals surface area contributed by atoms with Crippen LogP contribution >= 0.6 is 0 Å². The molecule has 4 N–H and O–H groups in total. The van der Waals surface area contributed by atoms with E-state index in [0.717, 1.165) is 50.2 Å². The first-order chi connectivity index (χ1) is 7.79. The van der Waals surface area contributed by atoms with Gasteiger partial charge in [-0.1, -0.05) is 0 Å². The van der Waals surface area contributed by atoms with Gasteiger partial charge in [-0.25, -0.2) is 0 Å². The van der Waals surface area contributed by atoms with E-state index in [4.69, 9.17) is 15.9 Å². The van der Waals surface area contributed by atoms with E-state index in [9.17, 15) is 0 Å². The molecule has 0 amide bonds. The van der Waals surface area contributed by atoms with Gasteiger partial charge in [0.25, 0.3) is 0 Å². The quantitative estimate of drug-likeness (QED) is 0.629. The maximum atomic E-state index is 7.24. The highest BCUT2D eigenvalue weighted by atomic mass is 16.5. The lowest BCUT2D eigenvalue weighted by Gasteiger charge is -2.31. The molecule has 4 heteroatoms. The SMILES string of the molecule is N=CC1=C(N)CC(NC2CCCOC2)CC1. The molecule has 90 valence electrons. The Hall–Kier alpha value is -0.870. The molecule has 2 aliphatic rings. The predicted molar refractivity (Wildman–Crippen MR) is 64.6 cm³/mol. The Morgan fingerprint density at radius 3 is 2.88 bits per heavy atom. The summed E-state index contributed by atoms with van der Waals surface area (Å²) in [4.78, 5) is 0. The molecule has 0 saturated carbocycles. The second kappa shape index (κ2) is 5.46. The van der Waals surface area contributed by atoms with Gasteiger partial charge in [0.05, 0.1) is 6.61 Å². The van der Waals surface area contributed by atoms with Gasteiger partial charge in [0.1, 0.15) is 0 Å². The minimum atomic E-state index is 0.468. The Morgan fingerprint density at radius 1 is 1.38 bits per heavy atom. The molecule has 1 aliphatic heterocycles. The fraction of sp³-hybridized carbons (Fsp3) is 0.750. The molecule has 2 unspecified atom stereocenters. The Kier molecular flexibility index (Phi) is 3.96. The predicted octanol–water partition coefficient (Wildman–Crippen LogP) is 1.17. The number of rotatable bonds is 3. The summed E-state index contributed by atoms with van der Waals surface area (Å²) >= 11 is 0. The molecule has 1 heterocycles. The highest BCUT2D eigenvalue weighted by Gasteiger charge is 2.22. The van der Waals surface area contributed by atoms with Crippen molar-refractivity contribution in [2.75, 3.05) is 13.2 Å². The molecule has 0 spiro atoms. The summed E-state index contributed by atoms with van der Waals surface area (Å²) in [6.07, 6.45) is 6.65. The van der Waals surface area contributed by atoms with Crippen molar-refractivity contribution in [1.82, 2.24) is 5.32 Å². The third-order valence-corrected chi connectivity index (χ3v) is 3.45. The van der Waals surface area contributed by atoms with Crippen LogP contribution in [0.2, 0.25) is 0 Å². The van der Waals surface area contributed by atoms with E-state index in [0.29, 0.717) is 12.1 Å². The molecule has 0 bridgehead atoms. The average molecular weight is 223 g/mol. The molecule has 1 aliphatic carbocycles. The van der Waals surface area contributed by atoms with Crippen LogP contribution in [-0.2, 0) is 4.74 Å². The summed E-state index contributed by atoms with van der Waals surface area (Å²) in [6.45, 7) is 1.74. The highest BCUT2D eigenvalue weighted by molar-refractivity contribution is 5.77. The molecule has 2 atom stereocenters. The van der Waals surface area contributed by atoms with Gasteiger partial charge >= 0.3 is 0 Å². The van der Waals surface area contributed by atoms with Crippen molar-refractivity contribution in [3.05, 3.63) is 11.3 Å². The second-order valence-corrected chi connectivity index (χ2v) is 4.72. The monoisotopic (exact) mass is 223 g/mol. The Bertz CT molecular complexity index is 282. The highest BCUT2D eigenvalue weighted by Crippen LogP contribution is 2.21. The molecule has 0 aromatic carbocycles. The van der Waals surface area contributed by atoms with E-state index in [-0.39, 0.29) is 0 Å². The molecular weight excluding hydrogens is 202 g/mol. The van der Waals surface area contributed by atoms with Crippen molar-refractivity contribution < 1.29 is 4.74 Å². The second-order valence-electron chi connectivity index (χ2n) is 4.72. The van der Waals surface area contributed by atoms with Crippen molar-refractivity contribution >= 4 is 6.21 Å². The van der Waals surface area contributed by atoms with Crippen LogP contribution in [0, 0.1) is 5.41 Å². The van der Waals surface area contributed by atoms with Gasteiger partial charge in [0, 0.05) is 37.0 Å². The summed E-state index contributed by atoms with van der Waals surface area (Å²) in [5, 5.41) is 10.9. The summed E-state index contributed by atoms with van der Waals surface area (Å²) in [6, 6.07) is 0.962. The zero-order valence-electron chi connectivity index (χ0n) is 9.67. The van der Waals surface area contributed by atoms with E-state index in [1.165, 1.54) is 12.6 Å². The summed E-state index contributed by atoms with van der Waals surface area (Å²) in [5.74, 6) is 0. The van der Waals surface area contributed by atoms with Gasteiger partial charge < -0.3 is 21.2 Å². The molecule has 0 aromatic heterocycles. The van der Waals surface area contributed by atoms with Crippen LogP contribution in [0.5, 0.6) is 0 Å². The molecule has 1 fully saturated rings. The van der Waals surface area contributed by atoms with E-state index in [2.05, 4.69) is 5.32 Å². The summed E-state index contributed by atoms with van der Waals surface area (Å²) < 4.78 is 5.45. The Balaban J connectivity index is 1.83. The van der Waals surface area contributed by atoms with Crippen LogP contribution in [0.25, 0.3) is 0 Å². The zero-order valence-corrected chi connectivity index (χ0v) is 9.67. The van der Waals surface area contributed by atoms with Crippen LogP contribution in [0.1, 0.15) is 32.1 Å². The van der Waals surface area contributed by atoms with Gasteiger partial charge in [-0.2, -0.15) is 0 Å². The van der Waals surface area contributed by atoms with Crippen LogP contribution in [0.3, 0.4) is 0 Å². The van der Waals surface area contributed by atoms with Crippen LogP contribution in [0.4, 0.5) is 0 Å². The molecule has 16 heavy (non-hydrogen) atoms. The van der Waals surface area contributed by atoms with E-state index in [1.54, 1.807) is 0 Å². The van der Waals surface area contributed by atoms with Crippen molar-refractivity contribution in [2.45, 2.75) is 44.2 Å². The fourth-order valence-electron chi connectivity index (χ4n) is 2.50. The largest absolute Gasteiger partial charge is 0.402 e. The minimum absolute atomic E-state index is 0.468. The smallest absolute Gasteiger partial charge is 0.0619 e. The van der Waals surface area contributed by atoms with Gasteiger partial charge in [-0.3, -0.25) is 0 Å². The van der Waals surface area contributed by atoms with E-state index < -0.39 is 0 Å². The lowest BCUT2D eigenvalue weighted by Crippen LogP contribution is -2.44. The van der Waals surface area contributed by atoms with E-state index >= 15 is 0 Å². The molecule has 0 aromatic rings. The topological polar surface area (TPSA) is 71.1 Å². The third kappa shape index (κ3) is 2.83. The van der Waals surface area contributed by atoms with Crippen LogP contribution in [-0.4, -0.2) is 31.5 Å². The van der Waals surface area contributed by atoms with E-state index in [1.807, 2.05) is 0 Å².